The zero-order valence-electron chi connectivity index (χ0n) is 7.29. The third-order valence-corrected chi connectivity index (χ3v) is 8.37. The molecule has 0 aliphatic heterocycles. The van der Waals surface area contributed by atoms with Gasteiger partial charge in [0.1, 0.15) is 0 Å². The first-order valence-electron chi connectivity index (χ1n) is 5.59. The normalized spacial score (nSPS) is 78.0. The van der Waals surface area contributed by atoms with E-state index >= 15 is 0 Å². The summed E-state index contributed by atoms with van der Waals surface area (Å²) in [6.07, 6.45) is 3.19. The molecule has 0 amide bonds. The molecular formula is C11H12Br2. The summed E-state index contributed by atoms with van der Waals surface area (Å²) < 4.78 is 0.380. The minimum absolute atomic E-state index is 0.380. The first-order chi connectivity index (χ1) is 6.21. The fraction of sp³-hybridized carbons (Fsp3) is 1.00. The minimum Gasteiger partial charge on any atom is -0.0721 e. The van der Waals surface area contributed by atoms with Crippen molar-refractivity contribution in [3.63, 3.8) is 0 Å². The molecule has 6 bridgehead atoms. The van der Waals surface area contributed by atoms with E-state index in [2.05, 4.69) is 31.9 Å². The highest BCUT2D eigenvalue weighted by Gasteiger charge is 2.83. The van der Waals surface area contributed by atoms with Crippen molar-refractivity contribution in [2.24, 2.45) is 47.3 Å². The van der Waals surface area contributed by atoms with Gasteiger partial charge in [-0.3, -0.25) is 0 Å². The largest absolute Gasteiger partial charge is 0.0872 e. The highest BCUT2D eigenvalue weighted by atomic mass is 79.9. The number of hydrogen-bond donors (Lipinski definition) is 0. The zero-order chi connectivity index (χ0) is 8.53. The van der Waals surface area contributed by atoms with Gasteiger partial charge in [0.25, 0.3) is 0 Å². The summed E-state index contributed by atoms with van der Waals surface area (Å²) in [6.45, 7) is 0. The molecule has 6 aliphatic rings. The van der Waals surface area contributed by atoms with Gasteiger partial charge in [-0.05, 0) is 60.2 Å². The van der Waals surface area contributed by atoms with E-state index in [9.17, 15) is 0 Å². The second-order valence-corrected chi connectivity index (χ2v) is 9.70. The van der Waals surface area contributed by atoms with Gasteiger partial charge in [-0.25, -0.2) is 0 Å². The molecule has 6 fully saturated rings. The fourth-order valence-electron chi connectivity index (χ4n) is 6.53. The van der Waals surface area contributed by atoms with Crippen molar-refractivity contribution < 1.29 is 0 Å². The van der Waals surface area contributed by atoms with Gasteiger partial charge in [0, 0.05) is 0 Å². The molecule has 0 nitrogen and oxygen atoms in total. The van der Waals surface area contributed by atoms with E-state index in [0.717, 1.165) is 35.5 Å². The van der Waals surface area contributed by atoms with Crippen LogP contribution in [0.5, 0.6) is 0 Å². The van der Waals surface area contributed by atoms with Gasteiger partial charge >= 0.3 is 0 Å². The number of rotatable bonds is 0. The molecule has 8 atom stereocenters. The van der Waals surface area contributed by atoms with Crippen LogP contribution in [0.3, 0.4) is 0 Å². The zero-order valence-corrected chi connectivity index (χ0v) is 10.5. The lowest BCUT2D eigenvalue weighted by Gasteiger charge is -2.33. The number of alkyl halides is 2. The van der Waals surface area contributed by atoms with Crippen LogP contribution in [0.2, 0.25) is 0 Å². The molecule has 0 radical (unpaired) electrons. The summed E-state index contributed by atoms with van der Waals surface area (Å²) in [5, 5.41) is 0. The molecule has 6 aliphatic carbocycles. The van der Waals surface area contributed by atoms with Gasteiger partial charge in [-0.2, -0.15) is 0 Å². The summed E-state index contributed by atoms with van der Waals surface area (Å²) in [5.74, 6) is 8.83. The molecule has 0 aromatic carbocycles. The summed E-state index contributed by atoms with van der Waals surface area (Å²) in [4.78, 5) is 0. The molecule has 13 heavy (non-hydrogen) atoms. The van der Waals surface area contributed by atoms with Crippen molar-refractivity contribution in [3.8, 4) is 0 Å². The maximum absolute atomic E-state index is 4.01. The summed E-state index contributed by atoms with van der Waals surface area (Å²) in [6, 6.07) is 0. The predicted molar refractivity (Wildman–Crippen MR) is 57.7 cm³/mol. The molecule has 0 aromatic heterocycles. The Balaban J connectivity index is 1.88. The molecule has 0 spiro atoms. The van der Waals surface area contributed by atoms with Crippen molar-refractivity contribution in [2.45, 2.75) is 16.1 Å². The van der Waals surface area contributed by atoms with Gasteiger partial charge in [0.2, 0.25) is 0 Å². The van der Waals surface area contributed by atoms with Gasteiger partial charge in [-0.15, -0.1) is 0 Å². The smallest absolute Gasteiger partial charge is 0.0721 e. The minimum atomic E-state index is 0.380. The molecular weight excluding hydrogens is 292 g/mol. The van der Waals surface area contributed by atoms with Crippen molar-refractivity contribution >= 4 is 31.9 Å². The van der Waals surface area contributed by atoms with E-state index in [4.69, 9.17) is 0 Å². The Morgan fingerprint density at radius 1 is 0.769 bits per heavy atom. The Morgan fingerprint density at radius 3 is 1.69 bits per heavy atom. The van der Waals surface area contributed by atoms with Crippen LogP contribution >= 0.6 is 31.9 Å². The first-order valence-corrected chi connectivity index (χ1v) is 7.17. The lowest BCUT2D eigenvalue weighted by Crippen LogP contribution is -2.30. The fourth-order valence-corrected chi connectivity index (χ4v) is 9.11. The van der Waals surface area contributed by atoms with Crippen LogP contribution < -0.4 is 0 Å². The molecule has 0 heterocycles. The predicted octanol–water partition coefficient (Wildman–Crippen LogP) is 3.25. The lowest BCUT2D eigenvalue weighted by molar-refractivity contribution is 0.132. The van der Waals surface area contributed by atoms with E-state index in [1.807, 2.05) is 0 Å². The Labute approximate surface area is 95.1 Å². The Morgan fingerprint density at radius 2 is 1.23 bits per heavy atom. The highest BCUT2D eigenvalue weighted by Crippen LogP contribution is 2.87. The molecule has 2 heteroatoms. The molecule has 0 saturated heterocycles. The van der Waals surface area contributed by atoms with E-state index in [1.54, 1.807) is 12.8 Å². The van der Waals surface area contributed by atoms with Crippen LogP contribution in [0.1, 0.15) is 12.8 Å². The summed E-state index contributed by atoms with van der Waals surface area (Å²) >= 11 is 8.01. The Kier molecular flexibility index (Phi) is 0.954. The number of hydrogen-bond acceptors (Lipinski definition) is 0. The molecule has 6 saturated carbocycles. The average molecular weight is 304 g/mol. The SMILES string of the molecule is BrC1(Br)[C@H]2[C@H]3C[C@@H]4[C@@H]5C[C@@H]([C@H]42)[C@H]1[C@@H]53. The van der Waals surface area contributed by atoms with Crippen LogP contribution in [0.4, 0.5) is 0 Å². The maximum atomic E-state index is 4.01. The van der Waals surface area contributed by atoms with E-state index in [1.165, 1.54) is 11.8 Å². The van der Waals surface area contributed by atoms with E-state index in [-0.39, 0.29) is 0 Å². The standard InChI is InChI=1S/C11H12Br2/c12-11(13)9-5-1-3-4-2-6(7(3)9)10(11)8(4)5/h3-10H,1-2H2/t3-,4+,5-,6-,7-,8-,9-,10-/m0/s1. The van der Waals surface area contributed by atoms with Crippen LogP contribution in [0.25, 0.3) is 0 Å². The third-order valence-electron chi connectivity index (χ3n) is 6.26. The van der Waals surface area contributed by atoms with Crippen molar-refractivity contribution in [1.29, 1.82) is 0 Å². The van der Waals surface area contributed by atoms with Gasteiger partial charge < -0.3 is 0 Å². The Bertz CT molecular complexity index is 294. The lowest BCUT2D eigenvalue weighted by atomic mass is 9.71. The first kappa shape index (κ1) is 7.27. The summed E-state index contributed by atoms with van der Waals surface area (Å²) in [7, 11) is 0. The molecule has 0 N–H and O–H groups in total. The highest BCUT2D eigenvalue weighted by molar-refractivity contribution is 9.25. The molecule has 0 aromatic rings. The van der Waals surface area contributed by atoms with Crippen molar-refractivity contribution in [2.75, 3.05) is 0 Å². The van der Waals surface area contributed by atoms with Crippen LogP contribution in [0, 0.1) is 47.3 Å². The van der Waals surface area contributed by atoms with Gasteiger partial charge in [0.15, 0.2) is 0 Å². The second kappa shape index (κ2) is 1.71. The van der Waals surface area contributed by atoms with Crippen LogP contribution in [0.15, 0.2) is 0 Å². The van der Waals surface area contributed by atoms with E-state index < -0.39 is 0 Å². The topological polar surface area (TPSA) is 0 Å². The van der Waals surface area contributed by atoms with Crippen LogP contribution in [-0.4, -0.2) is 3.23 Å². The second-order valence-electron chi connectivity index (χ2n) is 6.01. The number of halogens is 2. The van der Waals surface area contributed by atoms with E-state index in [0.29, 0.717) is 3.23 Å². The van der Waals surface area contributed by atoms with Gasteiger partial charge in [-0.1, -0.05) is 31.9 Å². The third kappa shape index (κ3) is 0.480. The van der Waals surface area contributed by atoms with Gasteiger partial charge in [0.05, 0.1) is 3.23 Å². The summed E-state index contributed by atoms with van der Waals surface area (Å²) in [5.41, 5.74) is 0. The maximum Gasteiger partial charge on any atom is 0.0872 e. The molecule has 0 unspecified atom stereocenters. The van der Waals surface area contributed by atoms with Crippen molar-refractivity contribution in [1.82, 2.24) is 0 Å². The van der Waals surface area contributed by atoms with Crippen LogP contribution in [-0.2, 0) is 0 Å². The average Bonchev–Trinajstić information content (AvgIpc) is 2.71. The Hall–Kier alpha value is 0.960. The molecule has 70 valence electrons. The molecule has 6 rings (SSSR count). The monoisotopic (exact) mass is 302 g/mol. The quantitative estimate of drug-likeness (QED) is 0.603. The van der Waals surface area contributed by atoms with Crippen molar-refractivity contribution in [3.05, 3.63) is 0 Å².